The van der Waals surface area contributed by atoms with Crippen molar-refractivity contribution in [1.82, 2.24) is 0 Å². The Morgan fingerprint density at radius 1 is 1.39 bits per heavy atom. The standard InChI is InChI=1S/C14H22BrNO2/c1-11(2)9-16(6-7-18-3)14-8-13(15)5-4-12(14)10-17/h4-5,8,11,17H,6-7,9-10H2,1-3H3. The molecule has 0 bridgehead atoms. The number of halogens is 1. The number of ether oxygens (including phenoxy) is 1. The Bertz CT molecular complexity index is 369. The van der Waals surface area contributed by atoms with Gasteiger partial charge in [-0.25, -0.2) is 0 Å². The number of rotatable bonds is 7. The molecule has 0 aliphatic heterocycles. The lowest BCUT2D eigenvalue weighted by Gasteiger charge is -2.28. The van der Waals surface area contributed by atoms with Crippen molar-refractivity contribution in [2.75, 3.05) is 31.7 Å². The van der Waals surface area contributed by atoms with Crippen LogP contribution in [0.4, 0.5) is 5.69 Å². The molecule has 102 valence electrons. The van der Waals surface area contributed by atoms with Gasteiger partial charge in [0.2, 0.25) is 0 Å². The van der Waals surface area contributed by atoms with Crippen LogP contribution >= 0.6 is 15.9 Å². The summed E-state index contributed by atoms with van der Waals surface area (Å²) in [5, 5.41) is 9.44. The summed E-state index contributed by atoms with van der Waals surface area (Å²) in [7, 11) is 1.71. The SMILES string of the molecule is COCCN(CC(C)C)c1cc(Br)ccc1CO. The van der Waals surface area contributed by atoms with Crippen LogP contribution in [0.1, 0.15) is 19.4 Å². The predicted octanol–water partition coefficient (Wildman–Crippen LogP) is 3.05. The molecule has 0 atom stereocenters. The molecule has 0 aliphatic carbocycles. The third-order valence-electron chi connectivity index (χ3n) is 2.71. The van der Waals surface area contributed by atoms with Crippen LogP contribution in [0.5, 0.6) is 0 Å². The Morgan fingerprint density at radius 2 is 2.11 bits per heavy atom. The molecule has 18 heavy (non-hydrogen) atoms. The van der Waals surface area contributed by atoms with Gasteiger partial charge in [0.25, 0.3) is 0 Å². The normalized spacial score (nSPS) is 11.0. The molecule has 4 heteroatoms. The first kappa shape index (κ1) is 15.5. The molecular formula is C14H22BrNO2. The van der Waals surface area contributed by atoms with E-state index in [1.54, 1.807) is 7.11 Å². The molecule has 3 nitrogen and oxygen atoms in total. The van der Waals surface area contributed by atoms with Gasteiger partial charge in [-0.05, 0) is 18.1 Å². The third-order valence-corrected chi connectivity index (χ3v) is 3.20. The van der Waals surface area contributed by atoms with Crippen molar-refractivity contribution in [3.8, 4) is 0 Å². The van der Waals surface area contributed by atoms with Crippen LogP contribution in [-0.2, 0) is 11.3 Å². The Labute approximate surface area is 118 Å². The van der Waals surface area contributed by atoms with Crippen molar-refractivity contribution in [2.24, 2.45) is 5.92 Å². The van der Waals surface area contributed by atoms with Gasteiger partial charge in [0, 0.05) is 35.9 Å². The topological polar surface area (TPSA) is 32.7 Å². The minimum atomic E-state index is 0.0597. The summed E-state index contributed by atoms with van der Waals surface area (Å²) in [5.41, 5.74) is 2.03. The van der Waals surface area contributed by atoms with E-state index in [0.29, 0.717) is 12.5 Å². The molecule has 1 N–H and O–H groups in total. The van der Waals surface area contributed by atoms with Crippen molar-refractivity contribution in [1.29, 1.82) is 0 Å². The Kier molecular flexibility index (Phi) is 6.68. The second-order valence-corrected chi connectivity index (χ2v) is 5.68. The Balaban J connectivity index is 2.98. The predicted molar refractivity (Wildman–Crippen MR) is 79.0 cm³/mol. The first-order valence-corrected chi connectivity index (χ1v) is 7.01. The summed E-state index contributed by atoms with van der Waals surface area (Å²) in [4.78, 5) is 2.27. The highest BCUT2D eigenvalue weighted by Crippen LogP contribution is 2.26. The molecule has 0 heterocycles. The minimum absolute atomic E-state index is 0.0597. The summed E-state index contributed by atoms with van der Waals surface area (Å²) < 4.78 is 6.19. The fourth-order valence-electron chi connectivity index (χ4n) is 1.92. The molecule has 0 radical (unpaired) electrons. The zero-order valence-corrected chi connectivity index (χ0v) is 12.9. The first-order valence-electron chi connectivity index (χ1n) is 6.21. The zero-order chi connectivity index (χ0) is 13.5. The fraction of sp³-hybridized carbons (Fsp3) is 0.571. The van der Waals surface area contributed by atoms with E-state index in [2.05, 4.69) is 40.7 Å². The summed E-state index contributed by atoms with van der Waals surface area (Å²) in [6, 6.07) is 5.97. The number of nitrogens with zero attached hydrogens (tertiary/aromatic N) is 1. The molecule has 0 saturated carbocycles. The van der Waals surface area contributed by atoms with Gasteiger partial charge in [0.15, 0.2) is 0 Å². The van der Waals surface area contributed by atoms with Gasteiger partial charge in [-0.3, -0.25) is 0 Å². The van der Waals surface area contributed by atoms with Crippen LogP contribution < -0.4 is 4.90 Å². The number of anilines is 1. The van der Waals surface area contributed by atoms with Crippen LogP contribution in [0, 0.1) is 5.92 Å². The van der Waals surface area contributed by atoms with E-state index in [0.717, 1.165) is 28.8 Å². The second kappa shape index (κ2) is 7.77. The maximum atomic E-state index is 9.44. The van der Waals surface area contributed by atoms with E-state index in [1.165, 1.54) is 0 Å². The zero-order valence-electron chi connectivity index (χ0n) is 11.3. The molecule has 0 fully saturated rings. The number of methoxy groups -OCH3 is 1. The maximum Gasteiger partial charge on any atom is 0.0702 e. The summed E-state index contributed by atoms with van der Waals surface area (Å²) in [6.45, 7) is 6.91. The molecule has 0 aromatic heterocycles. The number of benzene rings is 1. The summed E-state index contributed by atoms with van der Waals surface area (Å²) in [5.74, 6) is 0.562. The lowest BCUT2D eigenvalue weighted by molar-refractivity contribution is 0.204. The molecule has 0 spiro atoms. The molecule has 1 aromatic carbocycles. The van der Waals surface area contributed by atoms with Crippen molar-refractivity contribution in [3.05, 3.63) is 28.2 Å². The van der Waals surface area contributed by atoms with E-state index in [1.807, 2.05) is 12.1 Å². The largest absolute Gasteiger partial charge is 0.392 e. The quantitative estimate of drug-likeness (QED) is 0.839. The van der Waals surface area contributed by atoms with Crippen LogP contribution in [0.3, 0.4) is 0 Å². The van der Waals surface area contributed by atoms with E-state index < -0.39 is 0 Å². The lowest BCUT2D eigenvalue weighted by atomic mass is 10.1. The number of aliphatic hydroxyl groups is 1. The molecule has 1 aromatic rings. The summed E-state index contributed by atoms with van der Waals surface area (Å²) in [6.07, 6.45) is 0. The minimum Gasteiger partial charge on any atom is -0.392 e. The molecule has 0 amide bonds. The number of hydrogen-bond acceptors (Lipinski definition) is 3. The average molecular weight is 316 g/mol. The van der Waals surface area contributed by atoms with E-state index >= 15 is 0 Å². The van der Waals surface area contributed by atoms with Gasteiger partial charge in [-0.1, -0.05) is 35.8 Å². The molecule has 1 rings (SSSR count). The fourth-order valence-corrected chi connectivity index (χ4v) is 2.27. The smallest absolute Gasteiger partial charge is 0.0702 e. The highest BCUT2D eigenvalue weighted by atomic mass is 79.9. The maximum absolute atomic E-state index is 9.44. The van der Waals surface area contributed by atoms with Gasteiger partial charge in [-0.2, -0.15) is 0 Å². The van der Waals surface area contributed by atoms with Gasteiger partial charge in [0.1, 0.15) is 0 Å². The van der Waals surface area contributed by atoms with E-state index in [4.69, 9.17) is 4.74 Å². The van der Waals surface area contributed by atoms with Crippen LogP contribution in [0.2, 0.25) is 0 Å². The van der Waals surface area contributed by atoms with Crippen molar-refractivity contribution in [3.63, 3.8) is 0 Å². The highest BCUT2D eigenvalue weighted by Gasteiger charge is 2.12. The number of aliphatic hydroxyl groups excluding tert-OH is 1. The van der Waals surface area contributed by atoms with Gasteiger partial charge < -0.3 is 14.7 Å². The van der Waals surface area contributed by atoms with Crippen LogP contribution in [-0.4, -0.2) is 31.9 Å². The Morgan fingerprint density at radius 3 is 2.67 bits per heavy atom. The van der Waals surface area contributed by atoms with Crippen LogP contribution in [0.25, 0.3) is 0 Å². The molecule has 0 aliphatic rings. The van der Waals surface area contributed by atoms with Gasteiger partial charge in [0.05, 0.1) is 13.2 Å². The highest BCUT2D eigenvalue weighted by molar-refractivity contribution is 9.10. The molecule has 0 saturated heterocycles. The monoisotopic (exact) mass is 315 g/mol. The van der Waals surface area contributed by atoms with Crippen molar-refractivity contribution >= 4 is 21.6 Å². The van der Waals surface area contributed by atoms with Gasteiger partial charge in [-0.15, -0.1) is 0 Å². The van der Waals surface area contributed by atoms with E-state index in [-0.39, 0.29) is 6.61 Å². The number of hydrogen-bond donors (Lipinski definition) is 1. The second-order valence-electron chi connectivity index (χ2n) is 4.76. The van der Waals surface area contributed by atoms with E-state index in [9.17, 15) is 5.11 Å². The summed E-state index contributed by atoms with van der Waals surface area (Å²) >= 11 is 3.49. The molecular weight excluding hydrogens is 294 g/mol. The van der Waals surface area contributed by atoms with Crippen molar-refractivity contribution < 1.29 is 9.84 Å². The van der Waals surface area contributed by atoms with Crippen molar-refractivity contribution in [2.45, 2.75) is 20.5 Å². The molecule has 0 unspecified atom stereocenters. The first-order chi connectivity index (χ1) is 8.58. The van der Waals surface area contributed by atoms with Crippen LogP contribution in [0.15, 0.2) is 22.7 Å². The van der Waals surface area contributed by atoms with Gasteiger partial charge >= 0.3 is 0 Å². The Hall–Kier alpha value is -0.580. The lowest BCUT2D eigenvalue weighted by Crippen LogP contribution is -2.31. The third kappa shape index (κ3) is 4.59. The average Bonchev–Trinajstić information content (AvgIpc) is 2.34.